The van der Waals surface area contributed by atoms with Crippen molar-refractivity contribution in [3.8, 4) is 0 Å². The molecule has 2 aliphatic carbocycles. The van der Waals surface area contributed by atoms with Gasteiger partial charge in [-0.15, -0.1) is 0 Å². The van der Waals surface area contributed by atoms with E-state index in [1.807, 2.05) is 43.0 Å². The maximum absolute atomic E-state index is 14.3. The quantitative estimate of drug-likeness (QED) is 0.564. The van der Waals surface area contributed by atoms with E-state index in [-0.39, 0.29) is 29.8 Å². The van der Waals surface area contributed by atoms with E-state index in [2.05, 4.69) is 23.6 Å². The first-order chi connectivity index (χ1) is 18.3. The van der Waals surface area contributed by atoms with Gasteiger partial charge in [-0.1, -0.05) is 44.4 Å². The lowest BCUT2D eigenvalue weighted by Gasteiger charge is -2.40. The fraction of sp³-hybridized carbons (Fsp3) is 0.645. The molecule has 0 radical (unpaired) electrons. The summed E-state index contributed by atoms with van der Waals surface area (Å²) in [6.07, 6.45) is 12.6. The fourth-order valence-corrected chi connectivity index (χ4v) is 7.92. The van der Waals surface area contributed by atoms with E-state index < -0.39 is 29.6 Å². The van der Waals surface area contributed by atoms with Crippen molar-refractivity contribution in [3.05, 3.63) is 41.5 Å². The molecular formula is C31H41N3O4. The summed E-state index contributed by atoms with van der Waals surface area (Å²) in [6.45, 7) is 6.25. The number of hydrogen-bond donors (Lipinski definition) is 2. The Labute approximate surface area is 225 Å². The Morgan fingerprint density at radius 3 is 2.32 bits per heavy atom. The van der Waals surface area contributed by atoms with Gasteiger partial charge >= 0.3 is 0 Å². The van der Waals surface area contributed by atoms with Crippen molar-refractivity contribution < 1.29 is 19.1 Å². The molecule has 7 heteroatoms. The van der Waals surface area contributed by atoms with Crippen molar-refractivity contribution in [2.45, 2.75) is 108 Å². The van der Waals surface area contributed by atoms with Crippen molar-refractivity contribution in [2.24, 2.45) is 17.8 Å². The van der Waals surface area contributed by atoms with Crippen LogP contribution in [0.1, 0.15) is 75.8 Å². The largest absolute Gasteiger partial charge is 0.359 e. The molecular weight excluding hydrogens is 478 g/mol. The van der Waals surface area contributed by atoms with E-state index >= 15 is 0 Å². The van der Waals surface area contributed by atoms with Crippen LogP contribution in [0.25, 0.3) is 0 Å². The van der Waals surface area contributed by atoms with Crippen LogP contribution in [0, 0.1) is 31.6 Å². The SMILES string of the molecule is Cc1cc(C)cc(NC(=O)C2[C@@H]3C=CC4(O3)C(C(=O)NC3CCCCC3)N(C3CCC(C)CC3)C(=O)[C@H]24)c1. The molecule has 6 rings (SSSR count). The van der Waals surface area contributed by atoms with Crippen LogP contribution in [0.3, 0.4) is 0 Å². The molecule has 2 saturated carbocycles. The number of likely N-dealkylation sites (tertiary alicyclic amines) is 1. The maximum atomic E-state index is 14.3. The van der Waals surface area contributed by atoms with Crippen LogP contribution in [-0.4, -0.2) is 52.5 Å². The highest BCUT2D eigenvalue weighted by Crippen LogP contribution is 2.56. The molecule has 7 nitrogen and oxygen atoms in total. The Hall–Kier alpha value is -2.67. The van der Waals surface area contributed by atoms with Gasteiger partial charge in [0.15, 0.2) is 0 Å². The highest BCUT2D eigenvalue weighted by molar-refractivity contribution is 6.03. The molecule has 2 saturated heterocycles. The third kappa shape index (κ3) is 4.27. The van der Waals surface area contributed by atoms with Crippen molar-refractivity contribution in [1.82, 2.24) is 10.2 Å². The first kappa shape index (κ1) is 25.6. The van der Waals surface area contributed by atoms with Crippen molar-refractivity contribution >= 4 is 23.4 Å². The molecule has 38 heavy (non-hydrogen) atoms. The van der Waals surface area contributed by atoms with Gasteiger partial charge in [0.2, 0.25) is 17.7 Å². The molecule has 204 valence electrons. The average molecular weight is 520 g/mol. The average Bonchev–Trinajstić information content (AvgIpc) is 3.52. The van der Waals surface area contributed by atoms with E-state index in [1.165, 1.54) is 6.42 Å². The molecule has 3 amide bonds. The number of aryl methyl sites for hydroxylation is 2. The standard InChI is InChI=1S/C31H41N3O4/c1-18-9-11-23(12-10-18)34-27(29(36)32-21-7-5-4-6-8-21)31-14-13-24(38-31)25(26(31)30(34)37)28(35)33-22-16-19(2)15-20(3)17-22/h13-18,21,23-27H,4-12H2,1-3H3,(H,32,36)(H,33,35)/t18?,23?,24-,25?,26-,27?,31?/m0/s1. The highest BCUT2D eigenvalue weighted by Gasteiger charge is 2.73. The third-order valence-electron chi connectivity index (χ3n) is 9.68. The second-order valence-corrected chi connectivity index (χ2v) is 12.6. The Kier molecular flexibility index (Phi) is 6.61. The minimum Gasteiger partial charge on any atom is -0.359 e. The number of benzene rings is 1. The lowest BCUT2D eigenvalue weighted by molar-refractivity contribution is -0.145. The minimum absolute atomic E-state index is 0.0000328. The number of nitrogens with one attached hydrogen (secondary N) is 2. The molecule has 3 heterocycles. The number of amides is 3. The summed E-state index contributed by atoms with van der Waals surface area (Å²) >= 11 is 0. The van der Waals surface area contributed by atoms with Gasteiger partial charge in [-0.05, 0) is 81.5 Å². The molecule has 1 spiro atoms. The first-order valence-electron chi connectivity index (χ1n) is 14.7. The minimum atomic E-state index is -1.09. The van der Waals surface area contributed by atoms with Crippen LogP contribution >= 0.6 is 0 Å². The van der Waals surface area contributed by atoms with E-state index in [0.717, 1.165) is 68.2 Å². The Morgan fingerprint density at radius 2 is 1.63 bits per heavy atom. The number of fused-ring (bicyclic) bond motifs is 1. The zero-order valence-corrected chi connectivity index (χ0v) is 22.9. The number of nitrogens with zero attached hydrogens (tertiary/aromatic N) is 1. The summed E-state index contributed by atoms with van der Waals surface area (Å²) in [5.74, 6) is -1.15. The van der Waals surface area contributed by atoms with Crippen LogP contribution in [0.4, 0.5) is 5.69 Å². The second-order valence-electron chi connectivity index (χ2n) is 12.6. The molecule has 1 aromatic rings. The van der Waals surface area contributed by atoms with Crippen LogP contribution in [0.5, 0.6) is 0 Å². The molecule has 4 fully saturated rings. The van der Waals surface area contributed by atoms with E-state index in [0.29, 0.717) is 5.92 Å². The Balaban J connectivity index is 1.32. The van der Waals surface area contributed by atoms with Gasteiger partial charge < -0.3 is 20.3 Å². The molecule has 2 N–H and O–H groups in total. The van der Waals surface area contributed by atoms with E-state index in [4.69, 9.17) is 4.74 Å². The molecule has 5 aliphatic rings. The van der Waals surface area contributed by atoms with Gasteiger partial charge in [0.25, 0.3) is 0 Å². The van der Waals surface area contributed by atoms with Crippen molar-refractivity contribution in [1.29, 1.82) is 0 Å². The summed E-state index contributed by atoms with van der Waals surface area (Å²) < 4.78 is 6.54. The number of carbonyl (C=O) groups excluding carboxylic acids is 3. The smallest absolute Gasteiger partial charge is 0.246 e. The second kappa shape index (κ2) is 9.82. The number of carbonyl (C=O) groups is 3. The highest BCUT2D eigenvalue weighted by atomic mass is 16.5. The normalized spacial score (nSPS) is 36.4. The predicted molar refractivity (Wildman–Crippen MR) is 145 cm³/mol. The number of rotatable bonds is 5. The van der Waals surface area contributed by atoms with Gasteiger partial charge in [-0.2, -0.15) is 0 Å². The summed E-state index contributed by atoms with van der Waals surface area (Å²) in [6, 6.07) is 5.35. The van der Waals surface area contributed by atoms with Crippen LogP contribution in [0.2, 0.25) is 0 Å². The zero-order valence-electron chi connectivity index (χ0n) is 22.9. The van der Waals surface area contributed by atoms with Crippen LogP contribution in [-0.2, 0) is 19.1 Å². The van der Waals surface area contributed by atoms with Crippen molar-refractivity contribution in [2.75, 3.05) is 5.32 Å². The summed E-state index contributed by atoms with van der Waals surface area (Å²) in [4.78, 5) is 43.9. The lowest BCUT2D eigenvalue weighted by atomic mass is 9.74. The van der Waals surface area contributed by atoms with Crippen molar-refractivity contribution in [3.63, 3.8) is 0 Å². The monoisotopic (exact) mass is 519 g/mol. The van der Waals surface area contributed by atoms with Gasteiger partial charge in [0, 0.05) is 17.8 Å². The number of anilines is 1. The number of ether oxygens (including phenoxy) is 1. The summed E-state index contributed by atoms with van der Waals surface area (Å²) in [5.41, 5.74) is 1.77. The van der Waals surface area contributed by atoms with Gasteiger partial charge in [0.05, 0.1) is 17.9 Å². The summed E-state index contributed by atoms with van der Waals surface area (Å²) in [5, 5.41) is 6.36. The molecule has 3 aliphatic heterocycles. The van der Waals surface area contributed by atoms with E-state index in [9.17, 15) is 14.4 Å². The van der Waals surface area contributed by atoms with Gasteiger partial charge in [-0.3, -0.25) is 14.4 Å². The molecule has 3 unspecified atom stereocenters. The number of hydrogen-bond acceptors (Lipinski definition) is 4. The van der Waals surface area contributed by atoms with Crippen LogP contribution in [0.15, 0.2) is 30.4 Å². The Morgan fingerprint density at radius 1 is 0.947 bits per heavy atom. The molecule has 2 bridgehead atoms. The first-order valence-corrected chi connectivity index (χ1v) is 14.7. The fourth-order valence-electron chi connectivity index (χ4n) is 7.92. The molecule has 1 aromatic carbocycles. The molecule has 0 aromatic heterocycles. The topological polar surface area (TPSA) is 87.7 Å². The van der Waals surface area contributed by atoms with Gasteiger partial charge in [-0.25, -0.2) is 0 Å². The third-order valence-corrected chi connectivity index (χ3v) is 9.68. The summed E-state index contributed by atoms with van der Waals surface area (Å²) in [7, 11) is 0. The zero-order chi connectivity index (χ0) is 26.6. The lowest BCUT2D eigenvalue weighted by Crippen LogP contribution is -2.58. The predicted octanol–water partition coefficient (Wildman–Crippen LogP) is 4.42. The maximum Gasteiger partial charge on any atom is 0.246 e. The Bertz CT molecular complexity index is 1130. The molecule has 5 atom stereocenters. The van der Waals surface area contributed by atoms with Gasteiger partial charge in [0.1, 0.15) is 11.6 Å². The van der Waals surface area contributed by atoms with Crippen LogP contribution < -0.4 is 10.6 Å². The van der Waals surface area contributed by atoms with E-state index in [1.54, 1.807) is 0 Å².